The van der Waals surface area contributed by atoms with Gasteiger partial charge in [0.25, 0.3) is 0 Å². The molecule has 8 nitrogen and oxygen atoms in total. The summed E-state index contributed by atoms with van der Waals surface area (Å²) in [5.41, 5.74) is 7.91. The van der Waals surface area contributed by atoms with E-state index in [1.165, 1.54) is 0 Å². The number of hydrogen-bond donors (Lipinski definition) is 2. The smallest absolute Gasteiger partial charge is 0.248 e. The first-order valence-corrected chi connectivity index (χ1v) is 13.5. The number of amides is 1. The highest BCUT2D eigenvalue weighted by molar-refractivity contribution is 9.10. The Morgan fingerprint density at radius 3 is 2.75 bits per heavy atom. The molecule has 2 heterocycles. The van der Waals surface area contributed by atoms with Crippen LogP contribution in [0.4, 0.5) is 5.69 Å². The van der Waals surface area contributed by atoms with Gasteiger partial charge in [-0.2, -0.15) is 5.10 Å². The molecule has 5 rings (SSSR count). The Hall–Kier alpha value is -2.62. The Kier molecular flexibility index (Phi) is 7.79. The number of aromatic nitrogens is 2. The average molecular weight is 557 g/mol. The van der Waals surface area contributed by atoms with Crippen LogP contribution >= 0.6 is 15.9 Å². The maximum Gasteiger partial charge on any atom is 0.248 e. The van der Waals surface area contributed by atoms with Crippen molar-refractivity contribution in [2.24, 2.45) is 11.7 Å². The number of anilines is 1. The van der Waals surface area contributed by atoms with Crippen molar-refractivity contribution in [2.45, 2.75) is 44.2 Å². The van der Waals surface area contributed by atoms with Crippen molar-refractivity contribution in [2.75, 3.05) is 37.8 Å². The average Bonchev–Trinajstić information content (AvgIpc) is 3.53. The number of fused-ring (bicyclic) bond motifs is 1. The van der Waals surface area contributed by atoms with Gasteiger partial charge in [-0.1, -0.05) is 6.07 Å². The number of benzene rings is 2. The third-order valence-electron chi connectivity index (χ3n) is 7.35. The fraction of sp³-hybridized carbons (Fsp3) is 0.481. The second kappa shape index (κ2) is 11.2. The van der Waals surface area contributed by atoms with Crippen LogP contribution in [0.3, 0.4) is 0 Å². The number of aliphatic hydroxyl groups excluding tert-OH is 1. The van der Waals surface area contributed by atoms with E-state index in [1.807, 2.05) is 0 Å². The Morgan fingerprint density at radius 2 is 1.97 bits per heavy atom. The maximum atomic E-state index is 11.3. The van der Waals surface area contributed by atoms with Gasteiger partial charge < -0.3 is 25.2 Å². The lowest BCUT2D eigenvalue weighted by atomic mass is 9.87. The van der Waals surface area contributed by atoms with Gasteiger partial charge >= 0.3 is 0 Å². The molecule has 0 radical (unpaired) electrons. The van der Waals surface area contributed by atoms with Gasteiger partial charge in [0.2, 0.25) is 5.91 Å². The lowest BCUT2D eigenvalue weighted by Gasteiger charge is -2.27. The number of carbonyl (C=O) groups excluding carboxylic acids is 1. The number of ether oxygens (including phenoxy) is 2. The fourth-order valence-corrected chi connectivity index (χ4v) is 5.88. The van der Waals surface area contributed by atoms with Gasteiger partial charge in [-0.25, -0.2) is 0 Å². The molecule has 1 aliphatic heterocycles. The molecule has 1 saturated heterocycles. The van der Waals surface area contributed by atoms with Gasteiger partial charge in [0, 0.05) is 41.3 Å². The van der Waals surface area contributed by atoms with Gasteiger partial charge in [-0.15, -0.1) is 0 Å². The van der Waals surface area contributed by atoms with Crippen LogP contribution in [-0.2, 0) is 4.74 Å². The van der Waals surface area contributed by atoms with Crippen LogP contribution in [0, 0.1) is 5.92 Å². The van der Waals surface area contributed by atoms with Gasteiger partial charge in [0.1, 0.15) is 12.4 Å². The molecule has 192 valence electrons. The first-order chi connectivity index (χ1) is 17.5. The van der Waals surface area contributed by atoms with E-state index in [4.69, 9.17) is 20.3 Å². The van der Waals surface area contributed by atoms with E-state index in [2.05, 4.69) is 43.8 Å². The predicted octanol–water partition coefficient (Wildman–Crippen LogP) is 4.30. The number of nitrogens with zero attached hydrogens (tertiary/aromatic N) is 3. The Bertz CT molecular complexity index is 1210. The van der Waals surface area contributed by atoms with E-state index in [0.29, 0.717) is 43.1 Å². The fourth-order valence-electron chi connectivity index (χ4n) is 5.27. The van der Waals surface area contributed by atoms with E-state index >= 15 is 0 Å². The summed E-state index contributed by atoms with van der Waals surface area (Å²) in [5.74, 6) is 0.585. The topological polar surface area (TPSA) is 103 Å². The molecule has 3 aromatic rings. The molecule has 0 spiro atoms. The monoisotopic (exact) mass is 556 g/mol. The summed E-state index contributed by atoms with van der Waals surface area (Å²) in [6.07, 6.45) is 7.50. The summed E-state index contributed by atoms with van der Waals surface area (Å²) in [6, 6.07) is 11.6. The molecule has 0 unspecified atom stereocenters. The third kappa shape index (κ3) is 5.68. The number of halogens is 1. The molecule has 9 heteroatoms. The second-order valence-corrected chi connectivity index (χ2v) is 10.7. The van der Waals surface area contributed by atoms with Crippen LogP contribution in [0.2, 0.25) is 0 Å². The molecule has 2 fully saturated rings. The zero-order chi connectivity index (χ0) is 25.1. The van der Waals surface area contributed by atoms with Crippen molar-refractivity contribution >= 4 is 38.4 Å². The summed E-state index contributed by atoms with van der Waals surface area (Å²) in [5, 5.41) is 15.5. The minimum atomic E-state index is -0.468. The van der Waals surface area contributed by atoms with Crippen LogP contribution in [0.25, 0.3) is 10.9 Å². The molecule has 0 bridgehead atoms. The van der Waals surface area contributed by atoms with Crippen molar-refractivity contribution in [3.63, 3.8) is 0 Å². The van der Waals surface area contributed by atoms with Gasteiger partial charge in [-0.05, 0) is 84.3 Å². The number of hydrogen-bond acceptors (Lipinski definition) is 6. The van der Waals surface area contributed by atoms with Crippen molar-refractivity contribution < 1.29 is 19.4 Å². The highest BCUT2D eigenvalue weighted by Crippen LogP contribution is 2.36. The number of primary amides is 1. The van der Waals surface area contributed by atoms with Gasteiger partial charge in [-0.3, -0.25) is 9.48 Å². The van der Waals surface area contributed by atoms with Gasteiger partial charge in [0.05, 0.1) is 30.0 Å². The van der Waals surface area contributed by atoms with E-state index in [1.54, 1.807) is 24.3 Å². The molecule has 2 aromatic carbocycles. The Morgan fingerprint density at radius 1 is 1.14 bits per heavy atom. The summed E-state index contributed by atoms with van der Waals surface area (Å²) in [7, 11) is 0. The van der Waals surface area contributed by atoms with Crippen LogP contribution < -0.4 is 15.4 Å². The zero-order valence-corrected chi connectivity index (χ0v) is 21.9. The first kappa shape index (κ1) is 25.0. The molecular weight excluding hydrogens is 524 g/mol. The molecule has 36 heavy (non-hydrogen) atoms. The SMILES string of the molecule is NC(=O)c1cccc(OCCO[C@H]2CCN(c3cc4nn(C5CCC(CO)CC5)cc4cc3Br)C2)c1. The van der Waals surface area contributed by atoms with E-state index in [9.17, 15) is 9.90 Å². The minimum absolute atomic E-state index is 0.132. The quantitative estimate of drug-likeness (QED) is 0.381. The largest absolute Gasteiger partial charge is 0.491 e. The predicted molar refractivity (Wildman–Crippen MR) is 143 cm³/mol. The maximum absolute atomic E-state index is 11.3. The lowest BCUT2D eigenvalue weighted by molar-refractivity contribution is 0.0465. The van der Waals surface area contributed by atoms with Crippen molar-refractivity contribution in [1.82, 2.24) is 9.78 Å². The highest BCUT2D eigenvalue weighted by Gasteiger charge is 2.26. The molecule has 2 aliphatic rings. The van der Waals surface area contributed by atoms with Gasteiger partial charge in [0.15, 0.2) is 0 Å². The van der Waals surface area contributed by atoms with Crippen molar-refractivity contribution in [1.29, 1.82) is 0 Å². The molecule has 1 atom stereocenters. The summed E-state index contributed by atoms with van der Waals surface area (Å²) in [6.45, 7) is 2.91. The van der Waals surface area contributed by atoms with Crippen LogP contribution in [0.5, 0.6) is 5.75 Å². The molecule has 1 aliphatic carbocycles. The normalized spacial score (nSPS) is 22.3. The van der Waals surface area contributed by atoms with Crippen molar-refractivity contribution in [3.8, 4) is 5.75 Å². The van der Waals surface area contributed by atoms with Crippen LogP contribution in [0.1, 0.15) is 48.5 Å². The lowest BCUT2D eigenvalue weighted by Crippen LogP contribution is -2.24. The third-order valence-corrected chi connectivity index (χ3v) is 7.98. The Balaban J connectivity index is 1.15. The van der Waals surface area contributed by atoms with Crippen LogP contribution in [-0.4, -0.2) is 59.8 Å². The number of nitrogens with two attached hydrogens (primary N) is 1. The standard InChI is InChI=1S/C27H33BrN4O4/c28-24-13-20-15-32(21-6-4-18(17-33)5-7-21)30-25(20)14-26(24)31-9-8-23(16-31)36-11-10-35-22-3-1-2-19(12-22)27(29)34/h1-3,12-15,18,21,23,33H,4-11,16-17H2,(H2,29,34)/t18?,21?,23-/m0/s1. The van der Waals surface area contributed by atoms with E-state index in [-0.39, 0.29) is 6.10 Å². The molecule has 1 amide bonds. The molecule has 3 N–H and O–H groups in total. The molecular formula is C27H33BrN4O4. The summed E-state index contributed by atoms with van der Waals surface area (Å²) in [4.78, 5) is 13.7. The first-order valence-electron chi connectivity index (χ1n) is 12.7. The van der Waals surface area contributed by atoms with Crippen LogP contribution in [0.15, 0.2) is 47.1 Å². The summed E-state index contributed by atoms with van der Waals surface area (Å²) < 4.78 is 15.0. The number of aliphatic hydroxyl groups is 1. The minimum Gasteiger partial charge on any atom is -0.491 e. The summed E-state index contributed by atoms with van der Waals surface area (Å²) >= 11 is 3.78. The molecule has 1 saturated carbocycles. The number of carbonyl (C=O) groups is 1. The molecule has 1 aromatic heterocycles. The van der Waals surface area contributed by atoms with Crippen molar-refractivity contribution in [3.05, 3.63) is 52.6 Å². The van der Waals surface area contributed by atoms with E-state index in [0.717, 1.165) is 66.3 Å². The van der Waals surface area contributed by atoms with E-state index < -0.39 is 5.91 Å². The number of rotatable bonds is 9. The Labute approximate surface area is 219 Å². The zero-order valence-electron chi connectivity index (χ0n) is 20.3. The second-order valence-electron chi connectivity index (χ2n) is 9.80. The highest BCUT2D eigenvalue weighted by atomic mass is 79.9.